The molecule has 0 aliphatic rings. The topological polar surface area (TPSA) is 69.6 Å². The quantitative estimate of drug-likeness (QED) is 0.303. The first-order valence-corrected chi connectivity index (χ1v) is 10.7. The summed E-state index contributed by atoms with van der Waals surface area (Å²) in [5.74, 6) is -0.155. The maximum Gasteiger partial charge on any atom is 0.220 e. The summed E-state index contributed by atoms with van der Waals surface area (Å²) in [6, 6.07) is -0.562. The van der Waals surface area contributed by atoms with Gasteiger partial charge < -0.3 is 15.5 Å². The van der Waals surface area contributed by atoms with Crippen LogP contribution in [0.3, 0.4) is 0 Å². The van der Waals surface area contributed by atoms with Crippen molar-refractivity contribution in [2.24, 2.45) is 0 Å². The number of nitrogens with one attached hydrogen (secondary N) is 1. The number of hydrogen-bond donors (Lipinski definition) is 3. The summed E-state index contributed by atoms with van der Waals surface area (Å²) in [5.41, 5.74) is 0. The highest BCUT2D eigenvalue weighted by molar-refractivity contribution is 5.76. The number of allylic oxidation sites excluding steroid dienone is 12. The molecule has 3 N–H and O–H groups in total. The number of carbonyl (C=O) groups excluding carboxylic acids is 1. The van der Waals surface area contributed by atoms with Gasteiger partial charge in [0, 0.05) is 6.42 Å². The molecule has 0 radical (unpaired) electrons. The fraction of sp³-hybridized carbons (Fsp3) is 0.480. The van der Waals surface area contributed by atoms with Gasteiger partial charge in [0.1, 0.15) is 0 Å². The van der Waals surface area contributed by atoms with Crippen molar-refractivity contribution in [2.75, 3.05) is 13.2 Å². The normalized spacial score (nSPS) is 13.0. The Kier molecular flexibility index (Phi) is 20.5. The number of rotatable bonds is 17. The van der Waals surface area contributed by atoms with Crippen LogP contribution in [0.1, 0.15) is 58.3 Å². The van der Waals surface area contributed by atoms with Crippen LogP contribution in [0.2, 0.25) is 0 Å². The van der Waals surface area contributed by atoms with Gasteiger partial charge in [-0.25, -0.2) is 0 Å². The van der Waals surface area contributed by atoms with Crippen LogP contribution in [0.25, 0.3) is 0 Å². The SMILES string of the molecule is CC/C=C/C/C=C/C/C=C/C/C=C/C/C=C/C/C=C/CCC(=O)NC(CO)CO. The van der Waals surface area contributed by atoms with Crippen molar-refractivity contribution in [3.8, 4) is 0 Å². The van der Waals surface area contributed by atoms with Crippen LogP contribution in [0.4, 0.5) is 0 Å². The molecule has 0 atom stereocenters. The molecule has 0 aliphatic carbocycles. The first-order valence-electron chi connectivity index (χ1n) is 10.7. The van der Waals surface area contributed by atoms with E-state index in [2.05, 4.69) is 73.0 Å². The van der Waals surface area contributed by atoms with E-state index >= 15 is 0 Å². The zero-order chi connectivity index (χ0) is 21.4. The molecule has 1 amide bonds. The maximum absolute atomic E-state index is 11.6. The number of carbonyl (C=O) groups is 1. The molecule has 162 valence electrons. The molecule has 0 unspecified atom stereocenters. The van der Waals surface area contributed by atoms with E-state index in [1.165, 1.54) is 0 Å². The van der Waals surface area contributed by atoms with Crippen LogP contribution in [0, 0.1) is 0 Å². The predicted molar refractivity (Wildman–Crippen MR) is 124 cm³/mol. The maximum atomic E-state index is 11.6. The Morgan fingerprint density at radius 2 is 1.07 bits per heavy atom. The minimum atomic E-state index is -0.562. The third-order valence-electron chi connectivity index (χ3n) is 3.94. The molecule has 0 aromatic carbocycles. The summed E-state index contributed by atoms with van der Waals surface area (Å²) in [6.07, 6.45) is 32.6. The third kappa shape index (κ3) is 20.4. The Morgan fingerprint density at radius 3 is 1.45 bits per heavy atom. The lowest BCUT2D eigenvalue weighted by atomic mass is 10.2. The zero-order valence-electron chi connectivity index (χ0n) is 17.9. The highest BCUT2D eigenvalue weighted by Gasteiger charge is 2.08. The van der Waals surface area contributed by atoms with E-state index < -0.39 is 6.04 Å². The van der Waals surface area contributed by atoms with Crippen molar-refractivity contribution in [2.45, 2.75) is 64.3 Å². The molecule has 0 aliphatic heterocycles. The monoisotopic (exact) mass is 401 g/mol. The van der Waals surface area contributed by atoms with Crippen molar-refractivity contribution in [3.63, 3.8) is 0 Å². The molecule has 0 aromatic heterocycles. The van der Waals surface area contributed by atoms with Gasteiger partial charge in [-0.2, -0.15) is 0 Å². The van der Waals surface area contributed by atoms with E-state index in [-0.39, 0.29) is 19.1 Å². The van der Waals surface area contributed by atoms with E-state index in [4.69, 9.17) is 10.2 Å². The highest BCUT2D eigenvalue weighted by atomic mass is 16.3. The average molecular weight is 402 g/mol. The lowest BCUT2D eigenvalue weighted by Gasteiger charge is -2.12. The number of amides is 1. The van der Waals surface area contributed by atoms with Gasteiger partial charge >= 0.3 is 0 Å². The number of aliphatic hydroxyl groups is 2. The zero-order valence-corrected chi connectivity index (χ0v) is 17.9. The Balaban J connectivity index is 3.63. The van der Waals surface area contributed by atoms with E-state index in [1.54, 1.807) is 0 Å². The Labute approximate surface area is 177 Å². The second kappa shape index (κ2) is 22.1. The van der Waals surface area contributed by atoms with E-state index in [0.717, 1.165) is 38.5 Å². The van der Waals surface area contributed by atoms with Gasteiger partial charge in [-0.15, -0.1) is 0 Å². The average Bonchev–Trinajstić information content (AvgIpc) is 2.73. The predicted octanol–water partition coefficient (Wildman–Crippen LogP) is 4.93. The fourth-order valence-electron chi connectivity index (χ4n) is 2.30. The highest BCUT2D eigenvalue weighted by Crippen LogP contribution is 1.98. The van der Waals surface area contributed by atoms with Crippen LogP contribution in [-0.2, 0) is 4.79 Å². The van der Waals surface area contributed by atoms with Crippen LogP contribution < -0.4 is 5.32 Å². The van der Waals surface area contributed by atoms with Gasteiger partial charge in [-0.05, 0) is 44.9 Å². The lowest BCUT2D eigenvalue weighted by molar-refractivity contribution is -0.122. The van der Waals surface area contributed by atoms with Crippen LogP contribution in [0.5, 0.6) is 0 Å². The summed E-state index contributed by atoms with van der Waals surface area (Å²) in [4.78, 5) is 11.6. The molecule has 29 heavy (non-hydrogen) atoms. The smallest absolute Gasteiger partial charge is 0.220 e. The van der Waals surface area contributed by atoms with Gasteiger partial charge in [0.25, 0.3) is 0 Å². The van der Waals surface area contributed by atoms with Crippen molar-refractivity contribution >= 4 is 5.91 Å². The minimum Gasteiger partial charge on any atom is -0.394 e. The van der Waals surface area contributed by atoms with E-state index in [9.17, 15) is 4.79 Å². The minimum absolute atomic E-state index is 0.155. The first-order chi connectivity index (χ1) is 14.2. The first kappa shape index (κ1) is 26.8. The Bertz CT molecular complexity index is 552. The lowest BCUT2D eigenvalue weighted by Crippen LogP contribution is -2.39. The molecule has 0 saturated heterocycles. The summed E-state index contributed by atoms with van der Waals surface area (Å²) < 4.78 is 0. The van der Waals surface area contributed by atoms with Gasteiger partial charge in [0.2, 0.25) is 5.91 Å². The summed E-state index contributed by atoms with van der Waals surface area (Å²) in [5, 5.41) is 20.4. The summed E-state index contributed by atoms with van der Waals surface area (Å²) in [6.45, 7) is 1.65. The molecular formula is C25H39NO3. The molecule has 4 heteroatoms. The molecule has 0 bridgehead atoms. The van der Waals surface area contributed by atoms with Gasteiger partial charge in [0.05, 0.1) is 19.3 Å². The molecule has 0 saturated carbocycles. The van der Waals surface area contributed by atoms with Crippen LogP contribution in [0.15, 0.2) is 72.9 Å². The Hall–Kier alpha value is -2.17. The number of hydrogen-bond acceptors (Lipinski definition) is 3. The van der Waals surface area contributed by atoms with Crippen molar-refractivity contribution in [3.05, 3.63) is 72.9 Å². The molecule has 0 rings (SSSR count). The molecule has 0 aromatic rings. The van der Waals surface area contributed by atoms with Crippen LogP contribution in [-0.4, -0.2) is 35.4 Å². The van der Waals surface area contributed by atoms with Gasteiger partial charge in [-0.1, -0.05) is 79.8 Å². The summed E-state index contributed by atoms with van der Waals surface area (Å²) >= 11 is 0. The molecule has 0 heterocycles. The second-order valence-electron chi connectivity index (χ2n) is 6.58. The van der Waals surface area contributed by atoms with Crippen LogP contribution >= 0.6 is 0 Å². The third-order valence-corrected chi connectivity index (χ3v) is 3.94. The molecule has 4 nitrogen and oxygen atoms in total. The largest absolute Gasteiger partial charge is 0.394 e. The van der Waals surface area contributed by atoms with E-state index in [1.807, 2.05) is 12.2 Å². The second-order valence-corrected chi connectivity index (χ2v) is 6.58. The molecular weight excluding hydrogens is 362 g/mol. The number of aliphatic hydroxyl groups excluding tert-OH is 2. The van der Waals surface area contributed by atoms with Crippen molar-refractivity contribution in [1.82, 2.24) is 5.32 Å². The standard InChI is InChI=1S/C25H39NO3/c1-2-3-4-5-6-7-8-9-10-11-12-13-14-15-16-17-18-19-20-21-25(29)26-24(22-27)23-28/h3-4,6-7,9-10,12-13,15-16,18-19,24,27-28H,2,5,8,11,14,17,20-23H2,1H3,(H,26,29)/b4-3+,7-6+,10-9+,13-12+,16-15+,19-18+. The fourth-order valence-corrected chi connectivity index (χ4v) is 2.30. The Morgan fingerprint density at radius 1 is 0.690 bits per heavy atom. The van der Waals surface area contributed by atoms with Gasteiger partial charge in [-0.3, -0.25) is 4.79 Å². The molecule has 0 fully saturated rings. The molecule has 0 spiro atoms. The van der Waals surface area contributed by atoms with Gasteiger partial charge in [0.15, 0.2) is 0 Å². The van der Waals surface area contributed by atoms with Crippen molar-refractivity contribution in [1.29, 1.82) is 0 Å². The summed E-state index contributed by atoms with van der Waals surface area (Å²) in [7, 11) is 0. The van der Waals surface area contributed by atoms with Crippen molar-refractivity contribution < 1.29 is 15.0 Å². The van der Waals surface area contributed by atoms with E-state index in [0.29, 0.717) is 12.8 Å².